The Labute approximate surface area is 184 Å². The Balaban J connectivity index is 1.23. The molecule has 5 rings (SSSR count). The summed E-state index contributed by atoms with van der Waals surface area (Å²) in [6, 6.07) is 10.3. The first-order valence-electron chi connectivity index (χ1n) is 9.72. The molecule has 0 spiro atoms. The Morgan fingerprint density at radius 3 is 2.44 bits per heavy atom. The second-order valence-electron chi connectivity index (χ2n) is 7.26. The summed E-state index contributed by atoms with van der Waals surface area (Å²) in [5.74, 6) is 0.274. The molecule has 0 aliphatic carbocycles. The van der Waals surface area contributed by atoms with E-state index >= 15 is 0 Å². The van der Waals surface area contributed by atoms with Crippen molar-refractivity contribution in [1.29, 1.82) is 0 Å². The van der Waals surface area contributed by atoms with Crippen molar-refractivity contribution in [3.05, 3.63) is 53.1 Å². The van der Waals surface area contributed by atoms with E-state index in [1.165, 1.54) is 6.07 Å². The number of hydrogen-bond acceptors (Lipinski definition) is 8. The number of hydrogen-bond donors (Lipinski definition) is 0. The second-order valence-corrected chi connectivity index (χ2v) is 7.70. The topological polar surface area (TPSA) is 88.5 Å². The smallest absolute Gasteiger partial charge is 0.353 e. The average Bonchev–Trinajstić information content (AvgIpc) is 3.41. The Kier molecular flexibility index (Phi) is 5.18. The third-order valence-corrected chi connectivity index (χ3v) is 5.38. The van der Waals surface area contributed by atoms with E-state index in [9.17, 15) is 13.2 Å². The lowest BCUT2D eigenvalue weighted by molar-refractivity contribution is -0.146. The van der Waals surface area contributed by atoms with Crippen molar-refractivity contribution in [3.63, 3.8) is 0 Å². The van der Waals surface area contributed by atoms with Crippen LogP contribution in [-0.4, -0.2) is 61.0 Å². The number of rotatable bonds is 4. The quantitative estimate of drug-likeness (QED) is 0.455. The molecular weight excluding hydrogens is 449 g/mol. The molecule has 0 N–H and O–H groups in total. The summed E-state index contributed by atoms with van der Waals surface area (Å²) < 4.78 is 45.4. The van der Waals surface area contributed by atoms with Crippen molar-refractivity contribution in [1.82, 2.24) is 34.9 Å². The fourth-order valence-corrected chi connectivity index (χ4v) is 3.61. The lowest BCUT2D eigenvalue weighted by Crippen LogP contribution is -2.46. The van der Waals surface area contributed by atoms with Crippen LogP contribution in [-0.2, 0) is 12.7 Å². The maximum Gasteiger partial charge on any atom is 0.453 e. The molecule has 9 nitrogen and oxygen atoms in total. The first kappa shape index (κ1) is 20.6. The minimum absolute atomic E-state index is 0.0487. The monoisotopic (exact) mass is 464 g/mol. The van der Waals surface area contributed by atoms with Crippen molar-refractivity contribution >= 4 is 23.1 Å². The molecule has 1 aliphatic rings. The van der Waals surface area contributed by atoms with E-state index in [1.54, 1.807) is 18.2 Å². The van der Waals surface area contributed by atoms with E-state index in [0.717, 1.165) is 10.1 Å². The molecule has 1 saturated heterocycles. The van der Waals surface area contributed by atoms with Crippen molar-refractivity contribution in [2.24, 2.45) is 0 Å². The molecule has 0 unspecified atom stereocenters. The molecular formula is C19H16ClF3N8O. The zero-order chi connectivity index (χ0) is 22.3. The zero-order valence-corrected chi connectivity index (χ0v) is 17.3. The van der Waals surface area contributed by atoms with Gasteiger partial charge in [0.25, 0.3) is 5.82 Å². The predicted octanol–water partition coefficient (Wildman–Crippen LogP) is 3.17. The zero-order valence-electron chi connectivity index (χ0n) is 16.5. The highest BCUT2D eigenvalue weighted by Crippen LogP contribution is 2.28. The second kappa shape index (κ2) is 8.02. The number of halogens is 4. The molecule has 1 aliphatic heterocycles. The van der Waals surface area contributed by atoms with Gasteiger partial charge in [-0.15, -0.1) is 15.3 Å². The maximum absolute atomic E-state index is 13.1. The Bertz CT molecular complexity index is 1230. The van der Waals surface area contributed by atoms with E-state index in [4.69, 9.17) is 16.1 Å². The van der Waals surface area contributed by atoms with Crippen molar-refractivity contribution < 1.29 is 17.7 Å². The normalized spacial score (nSPS) is 15.6. The number of anilines is 1. The molecule has 0 bridgehead atoms. The maximum atomic E-state index is 13.1. The Morgan fingerprint density at radius 1 is 0.969 bits per heavy atom. The summed E-state index contributed by atoms with van der Waals surface area (Å²) in [6.07, 6.45) is -4.63. The highest BCUT2D eigenvalue weighted by molar-refractivity contribution is 6.30. The molecule has 1 fully saturated rings. The predicted molar refractivity (Wildman–Crippen MR) is 108 cm³/mol. The largest absolute Gasteiger partial charge is 0.453 e. The van der Waals surface area contributed by atoms with Crippen LogP contribution < -0.4 is 4.90 Å². The highest BCUT2D eigenvalue weighted by Gasteiger charge is 2.38. The van der Waals surface area contributed by atoms with E-state index in [2.05, 4.69) is 30.3 Å². The Morgan fingerprint density at radius 2 is 1.72 bits per heavy atom. The first-order chi connectivity index (χ1) is 15.4. The fourth-order valence-electron chi connectivity index (χ4n) is 3.49. The number of nitrogens with zero attached hydrogens (tertiary/aromatic N) is 8. The molecule has 0 atom stereocenters. The van der Waals surface area contributed by atoms with Crippen LogP contribution in [0.15, 0.2) is 40.9 Å². The van der Waals surface area contributed by atoms with E-state index in [-0.39, 0.29) is 5.65 Å². The standard InChI is InChI=1S/C19H16ClF3N8O/c20-13-3-1-12(2-4-13)17-24-16(32-28-17)11-29-7-9-30(10-8-29)15-6-5-14-25-26-18(19(21,22)23)31(14)27-15/h1-6H,7-11H2. The van der Waals surface area contributed by atoms with Gasteiger partial charge in [0.2, 0.25) is 11.7 Å². The molecule has 13 heteroatoms. The van der Waals surface area contributed by atoms with Gasteiger partial charge in [-0.1, -0.05) is 16.8 Å². The lowest BCUT2D eigenvalue weighted by Gasteiger charge is -2.34. The SMILES string of the molecule is FC(F)(F)c1nnc2ccc(N3CCN(Cc4nc(-c5ccc(Cl)cc5)no4)CC3)nn12. The van der Waals surface area contributed by atoms with Crippen LogP contribution in [0.25, 0.3) is 17.0 Å². The molecule has 3 aromatic heterocycles. The van der Waals surface area contributed by atoms with Crippen LogP contribution in [0.1, 0.15) is 11.7 Å². The van der Waals surface area contributed by atoms with Crippen molar-refractivity contribution in [2.45, 2.75) is 12.7 Å². The van der Waals surface area contributed by atoms with Crippen LogP contribution in [0.4, 0.5) is 19.0 Å². The van der Waals surface area contributed by atoms with Crippen LogP contribution in [0.5, 0.6) is 0 Å². The average molecular weight is 465 g/mol. The van der Waals surface area contributed by atoms with Crippen molar-refractivity contribution in [3.8, 4) is 11.4 Å². The molecule has 166 valence electrons. The fraction of sp³-hybridized carbons (Fsp3) is 0.316. The molecule has 0 saturated carbocycles. The van der Waals surface area contributed by atoms with Gasteiger partial charge in [-0.3, -0.25) is 4.90 Å². The van der Waals surface area contributed by atoms with E-state index < -0.39 is 12.0 Å². The van der Waals surface area contributed by atoms with Gasteiger partial charge >= 0.3 is 6.18 Å². The van der Waals surface area contributed by atoms with Crippen molar-refractivity contribution in [2.75, 3.05) is 31.1 Å². The van der Waals surface area contributed by atoms with Crippen LogP contribution in [0, 0.1) is 0 Å². The number of fused-ring (bicyclic) bond motifs is 1. The minimum Gasteiger partial charge on any atom is -0.353 e. The third-order valence-electron chi connectivity index (χ3n) is 5.13. The summed E-state index contributed by atoms with van der Waals surface area (Å²) >= 11 is 5.90. The van der Waals surface area contributed by atoms with Crippen LogP contribution >= 0.6 is 11.6 Å². The third kappa shape index (κ3) is 4.10. The molecule has 4 aromatic rings. The lowest BCUT2D eigenvalue weighted by atomic mass is 10.2. The molecule has 1 aromatic carbocycles. The number of benzene rings is 1. The van der Waals surface area contributed by atoms with Gasteiger partial charge in [0.15, 0.2) is 5.65 Å². The highest BCUT2D eigenvalue weighted by atomic mass is 35.5. The van der Waals surface area contributed by atoms with E-state index in [1.807, 2.05) is 17.0 Å². The van der Waals surface area contributed by atoms with Gasteiger partial charge in [-0.05, 0) is 36.4 Å². The van der Waals surface area contributed by atoms with Gasteiger partial charge in [-0.25, -0.2) is 0 Å². The molecule has 0 radical (unpaired) electrons. The summed E-state index contributed by atoms with van der Waals surface area (Å²) in [7, 11) is 0. The van der Waals surface area contributed by atoms with E-state index in [0.29, 0.717) is 55.3 Å². The minimum atomic E-state index is -4.63. The summed E-state index contributed by atoms with van der Waals surface area (Å²) in [5, 5.41) is 15.5. The number of aromatic nitrogens is 6. The summed E-state index contributed by atoms with van der Waals surface area (Å²) in [5.41, 5.74) is 0.857. The van der Waals surface area contributed by atoms with Gasteiger partial charge in [0.05, 0.1) is 6.54 Å². The first-order valence-corrected chi connectivity index (χ1v) is 10.1. The van der Waals surface area contributed by atoms with Gasteiger partial charge in [-0.2, -0.15) is 22.7 Å². The van der Waals surface area contributed by atoms with Crippen LogP contribution in [0.2, 0.25) is 5.02 Å². The number of piperazine rings is 1. The molecule has 0 amide bonds. The Hall–Kier alpha value is -3.25. The number of alkyl halides is 3. The summed E-state index contributed by atoms with van der Waals surface area (Å²) in [4.78, 5) is 8.48. The van der Waals surface area contributed by atoms with Gasteiger partial charge < -0.3 is 9.42 Å². The summed E-state index contributed by atoms with van der Waals surface area (Å²) in [6.45, 7) is 2.96. The van der Waals surface area contributed by atoms with Crippen LogP contribution in [0.3, 0.4) is 0 Å². The molecule has 32 heavy (non-hydrogen) atoms. The molecule has 4 heterocycles. The van der Waals surface area contributed by atoms with Gasteiger partial charge in [0.1, 0.15) is 5.82 Å². The van der Waals surface area contributed by atoms with Gasteiger partial charge in [0, 0.05) is 36.8 Å².